The van der Waals surface area contributed by atoms with E-state index in [0.717, 1.165) is 57.7 Å². The molecule has 120 valence electrons. The molecule has 0 unspecified atom stereocenters. The van der Waals surface area contributed by atoms with Gasteiger partial charge in [-0.25, -0.2) is 0 Å². The minimum Gasteiger partial charge on any atom is -0.393 e. The molecule has 0 radical (unpaired) electrons. The summed E-state index contributed by atoms with van der Waals surface area (Å²) < 4.78 is 0. The van der Waals surface area contributed by atoms with Gasteiger partial charge in [0.05, 0.1) is 22.9 Å². The number of H-pyrrole nitrogens is 1. The van der Waals surface area contributed by atoms with Crippen molar-refractivity contribution in [1.29, 1.82) is 0 Å². The molecule has 2 aromatic heterocycles. The van der Waals surface area contributed by atoms with Gasteiger partial charge in [-0.3, -0.25) is 5.10 Å². The number of aliphatic hydroxyl groups excluding tert-OH is 1. The van der Waals surface area contributed by atoms with Crippen LogP contribution in [-0.2, 0) is 6.54 Å². The maximum absolute atomic E-state index is 9.50. The van der Waals surface area contributed by atoms with E-state index >= 15 is 0 Å². The van der Waals surface area contributed by atoms with Crippen LogP contribution in [0.4, 0.5) is 0 Å². The van der Waals surface area contributed by atoms with Gasteiger partial charge in [0.25, 0.3) is 0 Å². The first-order valence-electron chi connectivity index (χ1n) is 8.00. The molecule has 3 rings (SSSR count). The van der Waals surface area contributed by atoms with Crippen molar-refractivity contribution >= 4 is 11.3 Å². The van der Waals surface area contributed by atoms with E-state index in [1.54, 1.807) is 11.3 Å². The summed E-state index contributed by atoms with van der Waals surface area (Å²) in [6, 6.07) is 4.18. The Morgan fingerprint density at radius 3 is 3.05 bits per heavy atom. The van der Waals surface area contributed by atoms with Crippen LogP contribution in [0.3, 0.4) is 0 Å². The van der Waals surface area contributed by atoms with Crippen molar-refractivity contribution in [3.05, 3.63) is 29.3 Å². The summed E-state index contributed by atoms with van der Waals surface area (Å²) >= 11 is 1.73. The maximum Gasteiger partial charge on any atom is 0.0794 e. The number of likely N-dealkylation sites (tertiary alicyclic amines) is 1. The quantitative estimate of drug-likeness (QED) is 0.684. The Balaban J connectivity index is 1.36. The van der Waals surface area contributed by atoms with Crippen molar-refractivity contribution in [3.8, 4) is 10.6 Å². The third-order valence-electron chi connectivity index (χ3n) is 4.19. The van der Waals surface area contributed by atoms with Crippen molar-refractivity contribution in [2.45, 2.75) is 31.9 Å². The molecule has 3 heterocycles. The summed E-state index contributed by atoms with van der Waals surface area (Å²) in [7, 11) is 0. The lowest BCUT2D eigenvalue weighted by Crippen LogP contribution is -2.37. The Labute approximate surface area is 135 Å². The minimum absolute atomic E-state index is 0.0776. The highest BCUT2D eigenvalue weighted by Crippen LogP contribution is 2.25. The number of thiophene rings is 1. The molecule has 22 heavy (non-hydrogen) atoms. The van der Waals surface area contributed by atoms with Gasteiger partial charge in [-0.15, -0.1) is 11.3 Å². The smallest absolute Gasteiger partial charge is 0.0794 e. The fraction of sp³-hybridized carbons (Fsp3) is 0.562. The zero-order valence-electron chi connectivity index (χ0n) is 12.8. The molecule has 0 amide bonds. The molecule has 0 spiro atoms. The normalized spacial score (nSPS) is 17.1. The topological polar surface area (TPSA) is 64.2 Å². The van der Waals surface area contributed by atoms with Gasteiger partial charge in [0.2, 0.25) is 0 Å². The zero-order valence-corrected chi connectivity index (χ0v) is 13.6. The lowest BCUT2D eigenvalue weighted by molar-refractivity contribution is 0.0821. The lowest BCUT2D eigenvalue weighted by Gasteiger charge is -2.29. The van der Waals surface area contributed by atoms with Crippen LogP contribution in [0.1, 0.15) is 24.8 Å². The van der Waals surface area contributed by atoms with E-state index in [2.05, 4.69) is 37.9 Å². The number of hydrogen-bond donors (Lipinski definition) is 3. The van der Waals surface area contributed by atoms with E-state index < -0.39 is 0 Å². The molecule has 2 aromatic rings. The number of nitrogens with zero attached hydrogens (tertiary/aromatic N) is 2. The number of piperidine rings is 1. The zero-order chi connectivity index (χ0) is 15.2. The van der Waals surface area contributed by atoms with Gasteiger partial charge < -0.3 is 15.3 Å². The molecular formula is C16H24N4OS. The monoisotopic (exact) mass is 320 g/mol. The Morgan fingerprint density at radius 2 is 2.27 bits per heavy atom. The Morgan fingerprint density at radius 1 is 1.41 bits per heavy atom. The maximum atomic E-state index is 9.50. The number of aromatic amines is 1. The molecule has 5 nitrogen and oxygen atoms in total. The Kier molecular flexibility index (Phi) is 5.61. The molecule has 0 saturated carbocycles. The fourth-order valence-corrected chi connectivity index (χ4v) is 3.63. The van der Waals surface area contributed by atoms with Crippen LogP contribution < -0.4 is 5.32 Å². The number of hydrogen-bond acceptors (Lipinski definition) is 5. The molecule has 0 aliphatic carbocycles. The van der Waals surface area contributed by atoms with Crippen molar-refractivity contribution in [1.82, 2.24) is 20.4 Å². The fourth-order valence-electron chi connectivity index (χ4n) is 2.87. The van der Waals surface area contributed by atoms with E-state index in [1.807, 2.05) is 6.20 Å². The average Bonchev–Trinajstić information content (AvgIpc) is 3.19. The van der Waals surface area contributed by atoms with Gasteiger partial charge in [-0.2, -0.15) is 5.10 Å². The predicted molar refractivity (Wildman–Crippen MR) is 89.9 cm³/mol. The summed E-state index contributed by atoms with van der Waals surface area (Å²) in [5.74, 6) is 0. The van der Waals surface area contributed by atoms with E-state index in [0.29, 0.717) is 0 Å². The van der Waals surface area contributed by atoms with Crippen molar-refractivity contribution in [2.24, 2.45) is 0 Å². The summed E-state index contributed by atoms with van der Waals surface area (Å²) in [6.45, 7) is 5.04. The number of rotatable bonds is 7. The molecule has 0 bridgehead atoms. The highest BCUT2D eigenvalue weighted by atomic mass is 32.1. The third-order valence-corrected chi connectivity index (χ3v) is 5.07. The highest BCUT2D eigenvalue weighted by molar-refractivity contribution is 7.13. The van der Waals surface area contributed by atoms with Crippen molar-refractivity contribution in [3.63, 3.8) is 0 Å². The van der Waals surface area contributed by atoms with Crippen LogP contribution in [0.2, 0.25) is 0 Å². The number of nitrogens with one attached hydrogen (secondary N) is 2. The third kappa shape index (κ3) is 4.16. The largest absolute Gasteiger partial charge is 0.393 e. The molecule has 0 atom stereocenters. The summed E-state index contributed by atoms with van der Waals surface area (Å²) in [6.07, 6.45) is 4.82. The second-order valence-corrected chi connectivity index (χ2v) is 6.80. The van der Waals surface area contributed by atoms with Gasteiger partial charge >= 0.3 is 0 Å². The van der Waals surface area contributed by atoms with E-state index in [-0.39, 0.29) is 6.10 Å². The first-order valence-corrected chi connectivity index (χ1v) is 8.88. The number of aromatic nitrogens is 2. The minimum atomic E-state index is -0.0776. The number of aliphatic hydroxyl groups is 1. The summed E-state index contributed by atoms with van der Waals surface area (Å²) in [5.41, 5.74) is 2.36. The van der Waals surface area contributed by atoms with Gasteiger partial charge in [-0.05, 0) is 43.8 Å². The second-order valence-electron chi connectivity index (χ2n) is 5.85. The van der Waals surface area contributed by atoms with E-state index in [9.17, 15) is 5.11 Å². The molecule has 1 aliphatic rings. The molecular weight excluding hydrogens is 296 g/mol. The molecule has 1 saturated heterocycles. The summed E-state index contributed by atoms with van der Waals surface area (Å²) in [4.78, 5) is 3.68. The molecule has 3 N–H and O–H groups in total. The Bertz CT molecular complexity index is 546. The second kappa shape index (κ2) is 7.87. The first-order chi connectivity index (χ1) is 10.8. The molecule has 6 heteroatoms. The first kappa shape index (κ1) is 15.7. The van der Waals surface area contributed by atoms with Gasteiger partial charge in [0.15, 0.2) is 0 Å². The average molecular weight is 320 g/mol. The van der Waals surface area contributed by atoms with Crippen molar-refractivity contribution < 1.29 is 5.11 Å². The van der Waals surface area contributed by atoms with Gasteiger partial charge in [0.1, 0.15) is 0 Å². The highest BCUT2D eigenvalue weighted by Gasteiger charge is 2.16. The standard InChI is InChI=1S/C16H24N4OS/c21-14-4-8-20(9-5-14)7-2-6-17-11-13-12-18-19-16(13)15-3-1-10-22-15/h1,3,10,12,14,17,21H,2,4-9,11H2,(H,18,19). The van der Waals surface area contributed by atoms with Crippen LogP contribution in [0.15, 0.2) is 23.7 Å². The van der Waals surface area contributed by atoms with Crippen LogP contribution in [0.25, 0.3) is 10.6 Å². The predicted octanol–water partition coefficient (Wildman–Crippen LogP) is 2.07. The van der Waals surface area contributed by atoms with E-state index in [4.69, 9.17) is 0 Å². The SMILES string of the molecule is OC1CCN(CCCNCc2cn[nH]c2-c2cccs2)CC1. The lowest BCUT2D eigenvalue weighted by atomic mass is 10.1. The molecule has 1 fully saturated rings. The van der Waals surface area contributed by atoms with Gasteiger partial charge in [-0.1, -0.05) is 6.07 Å². The van der Waals surface area contributed by atoms with E-state index in [1.165, 1.54) is 10.4 Å². The Hall–Kier alpha value is -1.21. The van der Waals surface area contributed by atoms with Crippen LogP contribution in [-0.4, -0.2) is 52.5 Å². The van der Waals surface area contributed by atoms with Crippen LogP contribution >= 0.6 is 11.3 Å². The molecule has 1 aliphatic heterocycles. The van der Waals surface area contributed by atoms with Gasteiger partial charge in [0, 0.05) is 25.2 Å². The summed E-state index contributed by atoms with van der Waals surface area (Å²) in [5, 5.41) is 22.4. The van der Waals surface area contributed by atoms with Crippen molar-refractivity contribution in [2.75, 3.05) is 26.2 Å². The van der Waals surface area contributed by atoms with Crippen LogP contribution in [0.5, 0.6) is 0 Å². The van der Waals surface area contributed by atoms with Crippen LogP contribution in [0, 0.1) is 0 Å². The molecule has 0 aromatic carbocycles.